The van der Waals surface area contributed by atoms with Crippen LogP contribution >= 0.6 is 11.6 Å². The molecule has 5 rings (SSSR count). The number of aromatic nitrogens is 3. The molecule has 5 aromatic rings. The Morgan fingerprint density at radius 2 is 1.46 bits per heavy atom. The molecule has 0 unspecified atom stereocenters. The smallest absolute Gasteiger partial charge is 0.296 e. The molecule has 0 saturated carbocycles. The summed E-state index contributed by atoms with van der Waals surface area (Å²) in [6.45, 7) is 3.26. The van der Waals surface area contributed by atoms with E-state index in [4.69, 9.17) is 23.1 Å². The summed E-state index contributed by atoms with van der Waals surface area (Å²) < 4.78 is 92.1. The third-order valence-electron chi connectivity index (χ3n) is 6.51. The highest BCUT2D eigenvalue weighted by molar-refractivity contribution is 7.94. The second-order valence-electron chi connectivity index (χ2n) is 9.85. The maximum absolute atomic E-state index is 12.6. The van der Waals surface area contributed by atoms with Gasteiger partial charge in [0, 0.05) is 11.5 Å². The quantitative estimate of drug-likeness (QED) is 0.0578. The van der Waals surface area contributed by atoms with E-state index in [9.17, 15) is 39.5 Å². The lowest BCUT2D eigenvalue weighted by molar-refractivity contribution is 0.471. The molecule has 50 heavy (non-hydrogen) atoms. The Bertz CT molecular complexity index is 2580. The van der Waals surface area contributed by atoms with Crippen molar-refractivity contribution in [3.05, 3.63) is 77.9 Å². The fourth-order valence-corrected chi connectivity index (χ4v) is 6.29. The van der Waals surface area contributed by atoms with Crippen LogP contribution in [0.1, 0.15) is 0 Å². The molecule has 0 atom stereocenters. The normalized spacial score (nSPS) is 12.5. The molecule has 19 nitrogen and oxygen atoms in total. The van der Waals surface area contributed by atoms with Gasteiger partial charge in [-0.2, -0.15) is 36.9 Å². The minimum absolute atomic E-state index is 0.0633. The number of hydrogen-bond donors (Lipinski definition) is 6. The van der Waals surface area contributed by atoms with Crippen molar-refractivity contribution in [2.24, 2.45) is 20.5 Å². The first-order valence-electron chi connectivity index (χ1n) is 13.3. The van der Waals surface area contributed by atoms with E-state index in [0.29, 0.717) is 0 Å². The molecule has 23 heteroatoms. The van der Waals surface area contributed by atoms with Gasteiger partial charge in [-0.05, 0) is 65.5 Å². The zero-order valence-corrected chi connectivity index (χ0v) is 27.9. The number of rotatable bonds is 10. The maximum atomic E-state index is 12.6. The van der Waals surface area contributed by atoms with Gasteiger partial charge in [0.1, 0.15) is 27.7 Å². The van der Waals surface area contributed by atoms with E-state index < -0.39 is 51.3 Å². The predicted octanol–water partition coefficient (Wildman–Crippen LogP) is 5.53. The lowest BCUT2D eigenvalue weighted by Gasteiger charge is -2.12. The zero-order chi connectivity index (χ0) is 36.6. The Balaban J connectivity index is 1.68. The van der Waals surface area contributed by atoms with E-state index in [1.54, 1.807) is 0 Å². The highest BCUT2D eigenvalue weighted by atomic mass is 35.5. The van der Waals surface area contributed by atoms with Gasteiger partial charge in [-0.25, -0.2) is 8.42 Å². The Morgan fingerprint density at radius 1 is 0.780 bits per heavy atom. The van der Waals surface area contributed by atoms with Crippen molar-refractivity contribution in [3.63, 3.8) is 0 Å². The van der Waals surface area contributed by atoms with Crippen LogP contribution in [0.5, 0.6) is 5.75 Å². The Hall–Kier alpha value is -5.65. The van der Waals surface area contributed by atoms with Crippen LogP contribution < -0.4 is 16.8 Å². The number of nitrogen functional groups attached to an aromatic ring is 2. The molecule has 0 aliphatic heterocycles. The summed E-state index contributed by atoms with van der Waals surface area (Å²) in [6.07, 6.45) is 0. The third-order valence-corrected chi connectivity index (χ3v) is 9.77. The van der Waals surface area contributed by atoms with Crippen molar-refractivity contribution in [1.82, 2.24) is 15.0 Å². The average molecular weight is 761 g/mol. The second-order valence-corrected chi connectivity index (χ2v) is 14.9. The van der Waals surface area contributed by atoms with Gasteiger partial charge in [-0.15, -0.1) is 15.3 Å². The van der Waals surface area contributed by atoms with Crippen molar-refractivity contribution in [2.75, 3.05) is 16.8 Å². The van der Waals surface area contributed by atoms with Crippen molar-refractivity contribution >= 4 is 98.5 Å². The number of sulfone groups is 1. The Labute approximate surface area is 287 Å². The van der Waals surface area contributed by atoms with Gasteiger partial charge in [-0.3, -0.25) is 9.11 Å². The molecular weight excluding hydrogens is 740 g/mol. The van der Waals surface area contributed by atoms with Crippen LogP contribution in [0, 0.1) is 0 Å². The molecule has 0 radical (unpaired) electrons. The number of phenols is 1. The fraction of sp³-hybridized carbons (Fsp3) is 0. The molecule has 0 aliphatic carbocycles. The average Bonchev–Trinajstić information content (AvgIpc) is 3.02. The Kier molecular flexibility index (Phi) is 9.51. The molecule has 0 bridgehead atoms. The molecule has 0 spiro atoms. The number of aromatic hydroxyl groups is 1. The first-order valence-corrected chi connectivity index (χ1v) is 18.1. The van der Waals surface area contributed by atoms with Gasteiger partial charge in [0.15, 0.2) is 9.84 Å². The van der Waals surface area contributed by atoms with Crippen LogP contribution in [-0.2, 0) is 30.1 Å². The second kappa shape index (κ2) is 13.3. The molecular formula is C27H21ClN10O9S3. The summed E-state index contributed by atoms with van der Waals surface area (Å²) >= 11 is 5.90. The number of anilines is 4. The number of benzene rings is 4. The number of halogens is 1. The monoisotopic (exact) mass is 760 g/mol. The van der Waals surface area contributed by atoms with Gasteiger partial charge in [0.2, 0.25) is 17.2 Å². The minimum Gasteiger partial charge on any atom is -0.507 e. The molecule has 0 saturated heterocycles. The topological polar surface area (TPSA) is 315 Å². The van der Waals surface area contributed by atoms with Gasteiger partial charge >= 0.3 is 0 Å². The van der Waals surface area contributed by atoms with Crippen LogP contribution in [0.3, 0.4) is 0 Å². The number of fused-ring (bicyclic) bond motifs is 1. The summed E-state index contributed by atoms with van der Waals surface area (Å²) in [5, 5.41) is 29.8. The summed E-state index contributed by atoms with van der Waals surface area (Å²) in [7, 11) is -13.5. The van der Waals surface area contributed by atoms with Gasteiger partial charge in [-0.1, -0.05) is 12.6 Å². The van der Waals surface area contributed by atoms with Crippen LogP contribution in [-0.4, -0.2) is 54.4 Å². The van der Waals surface area contributed by atoms with Gasteiger partial charge < -0.3 is 21.9 Å². The van der Waals surface area contributed by atoms with Crippen LogP contribution in [0.15, 0.2) is 108 Å². The summed E-state index contributed by atoms with van der Waals surface area (Å²) in [5.74, 6) is -1.19. The highest BCUT2D eigenvalue weighted by Gasteiger charge is 2.22. The maximum Gasteiger partial charge on any atom is 0.296 e. The fourth-order valence-electron chi connectivity index (χ4n) is 4.25. The van der Waals surface area contributed by atoms with Crippen molar-refractivity contribution < 1.29 is 39.5 Å². The van der Waals surface area contributed by atoms with E-state index in [1.807, 2.05) is 0 Å². The molecule has 1 heterocycles. The van der Waals surface area contributed by atoms with Crippen molar-refractivity contribution in [2.45, 2.75) is 14.7 Å². The SMILES string of the molecule is C=CS(=O)(=O)c1ccc(/N=N/c2cc(S(=O)(=O)O)c(/N=N/c3c(N)ccc4cc(S(=O)(=O)O)cc(O)c34)cc2Nc2nc(N)nc(Cl)n2)cc1. The van der Waals surface area contributed by atoms with Crippen molar-refractivity contribution in [1.29, 1.82) is 0 Å². The lowest BCUT2D eigenvalue weighted by Crippen LogP contribution is -2.04. The summed E-state index contributed by atoms with van der Waals surface area (Å²) in [6, 6.07) is 11.4. The molecule has 258 valence electrons. The van der Waals surface area contributed by atoms with Gasteiger partial charge in [0.05, 0.1) is 32.2 Å². The number of nitrogens with one attached hydrogen (secondary N) is 1. The molecule has 0 amide bonds. The van der Waals surface area contributed by atoms with E-state index >= 15 is 0 Å². The number of phenolic OH excluding ortho intramolecular Hbond substituents is 1. The lowest BCUT2D eigenvalue weighted by atomic mass is 10.1. The van der Waals surface area contributed by atoms with E-state index in [1.165, 1.54) is 36.4 Å². The Morgan fingerprint density at radius 3 is 2.08 bits per heavy atom. The number of azo groups is 2. The molecule has 4 aromatic carbocycles. The largest absolute Gasteiger partial charge is 0.507 e. The van der Waals surface area contributed by atoms with E-state index in [2.05, 4.69) is 47.3 Å². The van der Waals surface area contributed by atoms with Crippen molar-refractivity contribution in [3.8, 4) is 5.75 Å². The predicted molar refractivity (Wildman–Crippen MR) is 181 cm³/mol. The minimum atomic E-state index is -5.07. The van der Waals surface area contributed by atoms with Crippen LogP contribution in [0.4, 0.5) is 46.0 Å². The third kappa shape index (κ3) is 7.80. The van der Waals surface area contributed by atoms with Crippen LogP contribution in [0.2, 0.25) is 5.28 Å². The molecule has 8 N–H and O–H groups in total. The van der Waals surface area contributed by atoms with Gasteiger partial charge in [0.25, 0.3) is 20.2 Å². The first-order chi connectivity index (χ1) is 23.4. The van der Waals surface area contributed by atoms with E-state index in [-0.39, 0.29) is 61.3 Å². The van der Waals surface area contributed by atoms with E-state index in [0.717, 1.165) is 29.7 Å². The van der Waals surface area contributed by atoms with Crippen LogP contribution in [0.25, 0.3) is 10.8 Å². The standard InChI is InChI=1S/C27H21ClN10O9S3/c1-2-48(40,41)15-6-4-14(5-7-15)35-36-19-12-22(50(45,46)47)20(11-18(19)31-27-33-25(28)32-26(30)34-27)37-38-24-17(29)8-3-13-9-16(49(42,43)44)10-21(39)23(13)24/h2-12,39H,1,29H2,(H,42,43,44)(H,45,46,47)(H3,30,31,32,33,34)/b36-35+,38-37+. The summed E-state index contributed by atoms with van der Waals surface area (Å²) in [5.41, 5.74) is 10.7. The first kappa shape index (κ1) is 35.7. The zero-order valence-electron chi connectivity index (χ0n) is 24.7. The highest BCUT2D eigenvalue weighted by Crippen LogP contribution is 2.43. The summed E-state index contributed by atoms with van der Waals surface area (Å²) in [4.78, 5) is 9.92. The molecule has 0 aliphatic rings. The number of hydrogen-bond acceptors (Lipinski definition) is 17. The molecule has 0 fully saturated rings. The molecule has 1 aromatic heterocycles. The number of nitrogens with zero attached hydrogens (tertiary/aromatic N) is 7. The number of nitrogens with two attached hydrogens (primary N) is 2.